The van der Waals surface area contributed by atoms with Gasteiger partial charge in [-0.05, 0) is 44.0 Å². The molecule has 4 rings (SSSR count). The summed E-state index contributed by atoms with van der Waals surface area (Å²) in [4.78, 5) is 10.0. The van der Waals surface area contributed by atoms with Gasteiger partial charge in [-0.25, -0.2) is 13.4 Å². The van der Waals surface area contributed by atoms with E-state index in [-0.39, 0.29) is 6.04 Å². The number of hydrogen-bond acceptors (Lipinski definition) is 4. The van der Waals surface area contributed by atoms with Crippen LogP contribution in [-0.2, 0) is 10.0 Å². The highest BCUT2D eigenvalue weighted by atomic mass is 32.2. The van der Waals surface area contributed by atoms with Crippen LogP contribution in [0.1, 0.15) is 18.4 Å². The molecule has 0 amide bonds. The number of fused-ring (bicyclic) bond motifs is 1. The van der Waals surface area contributed by atoms with Gasteiger partial charge in [-0.1, -0.05) is 17.7 Å². The van der Waals surface area contributed by atoms with Gasteiger partial charge in [-0.15, -0.1) is 0 Å². The van der Waals surface area contributed by atoms with Crippen molar-refractivity contribution in [2.75, 3.05) is 25.0 Å². The van der Waals surface area contributed by atoms with Crippen LogP contribution in [-0.4, -0.2) is 48.9 Å². The summed E-state index contributed by atoms with van der Waals surface area (Å²) < 4.78 is 27.8. The van der Waals surface area contributed by atoms with E-state index >= 15 is 0 Å². The molecule has 3 heterocycles. The SMILES string of the molecule is Cc1ccc(S(=O)(=O)N2CCCC(N(C)c3ccnc4[nH]ccc34)C2)cc1. The summed E-state index contributed by atoms with van der Waals surface area (Å²) in [5.74, 6) is 0. The largest absolute Gasteiger partial charge is 0.370 e. The summed E-state index contributed by atoms with van der Waals surface area (Å²) in [6, 6.07) is 11.2. The second-order valence-corrected chi connectivity index (χ2v) is 9.09. The number of rotatable bonds is 4. The van der Waals surface area contributed by atoms with Gasteiger partial charge in [0.25, 0.3) is 0 Å². The monoisotopic (exact) mass is 384 g/mol. The number of pyridine rings is 1. The number of nitrogens with one attached hydrogen (secondary N) is 1. The fourth-order valence-electron chi connectivity index (χ4n) is 3.77. The second-order valence-electron chi connectivity index (χ2n) is 7.15. The van der Waals surface area contributed by atoms with E-state index < -0.39 is 10.0 Å². The molecular weight excluding hydrogens is 360 g/mol. The van der Waals surface area contributed by atoms with E-state index in [4.69, 9.17) is 0 Å². The summed E-state index contributed by atoms with van der Waals surface area (Å²) in [5, 5.41) is 1.05. The van der Waals surface area contributed by atoms with Gasteiger partial charge in [-0.3, -0.25) is 0 Å². The first-order valence-electron chi connectivity index (χ1n) is 9.18. The highest BCUT2D eigenvalue weighted by Crippen LogP contribution is 2.29. The second kappa shape index (κ2) is 6.98. The van der Waals surface area contributed by atoms with Crippen molar-refractivity contribution >= 4 is 26.7 Å². The maximum Gasteiger partial charge on any atom is 0.243 e. The summed E-state index contributed by atoms with van der Waals surface area (Å²) in [7, 11) is -1.43. The van der Waals surface area contributed by atoms with Crippen LogP contribution in [0.15, 0.2) is 53.7 Å². The Kier molecular flexibility index (Phi) is 4.65. The molecule has 3 aromatic rings. The summed E-state index contributed by atoms with van der Waals surface area (Å²) in [5.41, 5.74) is 2.97. The maximum atomic E-state index is 13.1. The lowest BCUT2D eigenvalue weighted by molar-refractivity contribution is 0.310. The molecule has 1 N–H and O–H groups in total. The zero-order valence-electron chi connectivity index (χ0n) is 15.6. The normalized spacial score (nSPS) is 18.7. The van der Waals surface area contributed by atoms with E-state index in [9.17, 15) is 8.42 Å². The third kappa shape index (κ3) is 3.33. The number of piperidine rings is 1. The molecule has 2 aromatic heterocycles. The maximum absolute atomic E-state index is 13.1. The lowest BCUT2D eigenvalue weighted by Gasteiger charge is -2.38. The minimum Gasteiger partial charge on any atom is -0.370 e. The van der Waals surface area contributed by atoms with Crippen molar-refractivity contribution in [3.05, 3.63) is 54.4 Å². The van der Waals surface area contributed by atoms with Crippen molar-refractivity contribution in [1.29, 1.82) is 0 Å². The Bertz CT molecular complexity index is 1040. The number of benzene rings is 1. The molecule has 27 heavy (non-hydrogen) atoms. The van der Waals surface area contributed by atoms with Crippen molar-refractivity contribution in [1.82, 2.24) is 14.3 Å². The molecule has 1 fully saturated rings. The molecule has 7 heteroatoms. The minimum atomic E-state index is -3.47. The zero-order valence-corrected chi connectivity index (χ0v) is 16.4. The van der Waals surface area contributed by atoms with Gasteiger partial charge in [0, 0.05) is 49.6 Å². The van der Waals surface area contributed by atoms with Crippen LogP contribution in [0.2, 0.25) is 0 Å². The van der Waals surface area contributed by atoms with E-state index in [0.29, 0.717) is 18.0 Å². The Labute approximate surface area is 159 Å². The first-order valence-corrected chi connectivity index (χ1v) is 10.6. The van der Waals surface area contributed by atoms with Crippen molar-refractivity contribution < 1.29 is 8.42 Å². The molecular formula is C20H24N4O2S. The number of aromatic amines is 1. The Hall–Kier alpha value is -2.38. The number of nitrogens with zero attached hydrogens (tertiary/aromatic N) is 3. The van der Waals surface area contributed by atoms with E-state index in [0.717, 1.165) is 35.1 Å². The molecule has 0 radical (unpaired) electrons. The molecule has 1 aliphatic heterocycles. The Morgan fingerprint density at radius 3 is 2.74 bits per heavy atom. The number of likely N-dealkylation sites (N-methyl/N-ethyl adjacent to an activating group) is 1. The summed E-state index contributed by atoms with van der Waals surface area (Å²) in [6.07, 6.45) is 5.48. The van der Waals surface area contributed by atoms with Gasteiger partial charge in [0.2, 0.25) is 10.0 Å². The standard InChI is InChI=1S/C20H24N4O2S/c1-15-5-7-17(8-6-15)27(25,26)24-13-3-4-16(14-24)23(2)19-10-12-22-20-18(19)9-11-21-20/h5-12,16H,3-4,13-14H2,1-2H3,(H,21,22). The minimum absolute atomic E-state index is 0.125. The van der Waals surface area contributed by atoms with E-state index in [1.165, 1.54) is 0 Å². The number of aromatic nitrogens is 2. The van der Waals surface area contributed by atoms with Gasteiger partial charge >= 0.3 is 0 Å². The van der Waals surface area contributed by atoms with Gasteiger partial charge < -0.3 is 9.88 Å². The van der Waals surface area contributed by atoms with Gasteiger partial charge in [-0.2, -0.15) is 4.31 Å². The Morgan fingerprint density at radius 1 is 1.19 bits per heavy atom. The van der Waals surface area contributed by atoms with Crippen LogP contribution in [0.5, 0.6) is 0 Å². The molecule has 0 spiro atoms. The molecule has 142 valence electrons. The topological polar surface area (TPSA) is 69.3 Å². The molecule has 0 bridgehead atoms. The first-order chi connectivity index (χ1) is 13.0. The van der Waals surface area contributed by atoms with Gasteiger partial charge in [0.05, 0.1) is 4.90 Å². The predicted octanol–water partition coefficient (Wildman–Crippen LogP) is 3.16. The van der Waals surface area contributed by atoms with Gasteiger partial charge in [0.1, 0.15) is 5.65 Å². The Morgan fingerprint density at radius 2 is 1.96 bits per heavy atom. The third-order valence-electron chi connectivity index (χ3n) is 5.38. The summed E-state index contributed by atoms with van der Waals surface area (Å²) in [6.45, 7) is 3.01. The number of hydrogen-bond donors (Lipinski definition) is 1. The quantitative estimate of drug-likeness (QED) is 0.750. The van der Waals surface area contributed by atoms with E-state index in [2.05, 4.69) is 14.9 Å². The third-order valence-corrected chi connectivity index (χ3v) is 7.26. The highest BCUT2D eigenvalue weighted by molar-refractivity contribution is 7.89. The van der Waals surface area contributed by atoms with Crippen LogP contribution in [0, 0.1) is 6.92 Å². The molecule has 1 saturated heterocycles. The molecule has 1 atom stereocenters. The lowest BCUT2D eigenvalue weighted by Crippen LogP contribution is -2.48. The Balaban J connectivity index is 1.59. The molecule has 1 aliphatic rings. The van der Waals surface area contributed by atoms with Crippen LogP contribution < -0.4 is 4.90 Å². The van der Waals surface area contributed by atoms with Crippen LogP contribution in [0.4, 0.5) is 5.69 Å². The van der Waals surface area contributed by atoms with Crippen molar-refractivity contribution in [2.24, 2.45) is 0 Å². The molecule has 6 nitrogen and oxygen atoms in total. The predicted molar refractivity (Wildman–Crippen MR) is 107 cm³/mol. The molecule has 0 saturated carbocycles. The average molecular weight is 385 g/mol. The van der Waals surface area contributed by atoms with Crippen LogP contribution in [0.25, 0.3) is 11.0 Å². The fraction of sp³-hybridized carbons (Fsp3) is 0.350. The number of sulfonamides is 1. The van der Waals surface area contributed by atoms with Crippen molar-refractivity contribution in [3.8, 4) is 0 Å². The fourth-order valence-corrected chi connectivity index (χ4v) is 5.28. The van der Waals surface area contributed by atoms with Gasteiger partial charge in [0.15, 0.2) is 0 Å². The van der Waals surface area contributed by atoms with Crippen LogP contribution >= 0.6 is 0 Å². The van der Waals surface area contributed by atoms with Crippen molar-refractivity contribution in [2.45, 2.75) is 30.7 Å². The number of anilines is 1. The average Bonchev–Trinajstić information content (AvgIpc) is 3.17. The van der Waals surface area contributed by atoms with E-state index in [1.54, 1.807) is 22.6 Å². The zero-order chi connectivity index (χ0) is 19.0. The summed E-state index contributed by atoms with van der Waals surface area (Å²) >= 11 is 0. The molecule has 0 aliphatic carbocycles. The lowest BCUT2D eigenvalue weighted by atomic mass is 10.1. The van der Waals surface area contributed by atoms with E-state index in [1.807, 2.05) is 44.4 Å². The first kappa shape index (κ1) is 18.0. The molecule has 1 unspecified atom stereocenters. The van der Waals surface area contributed by atoms with Crippen LogP contribution in [0.3, 0.4) is 0 Å². The van der Waals surface area contributed by atoms with Crippen molar-refractivity contribution in [3.63, 3.8) is 0 Å². The smallest absolute Gasteiger partial charge is 0.243 e. The molecule has 1 aromatic carbocycles. The number of H-pyrrole nitrogens is 1. The number of aryl methyl sites for hydroxylation is 1. The highest BCUT2D eigenvalue weighted by Gasteiger charge is 2.32.